The second-order valence-electron chi connectivity index (χ2n) is 5.63. The molecule has 1 N–H and O–H groups in total. The summed E-state index contributed by atoms with van der Waals surface area (Å²) in [5.41, 5.74) is 3.15. The van der Waals surface area contributed by atoms with E-state index in [-0.39, 0.29) is 17.5 Å². The average molecular weight is 295 g/mol. The monoisotopic (exact) mass is 295 g/mol. The number of hydrogen-bond donors (Lipinski definition) is 1. The minimum Gasteiger partial charge on any atom is -0.384 e. The Morgan fingerprint density at radius 2 is 1.73 bits per heavy atom. The van der Waals surface area contributed by atoms with Crippen molar-refractivity contribution in [1.82, 2.24) is 5.32 Å². The van der Waals surface area contributed by atoms with Gasteiger partial charge in [-0.1, -0.05) is 42.5 Å². The number of carbonyl (C=O) groups is 1. The number of nitrogens with one attached hydrogen (secondary N) is 1. The quantitative estimate of drug-likeness (QED) is 0.925. The van der Waals surface area contributed by atoms with E-state index in [4.69, 9.17) is 0 Å². The Labute approximate surface area is 129 Å². The van der Waals surface area contributed by atoms with E-state index < -0.39 is 0 Å². The first-order valence-corrected chi connectivity index (χ1v) is 7.47. The number of hydrogen-bond acceptors (Lipinski definition) is 2. The standard InChI is InChI=1S/C19H18FNO/c20-17-8-6-14(7-9-17)13-21-18-10-16(11-19(22)12-18)15-4-2-1-3-5-15/h1-9,12,16,21H,10-11,13H2. The van der Waals surface area contributed by atoms with Crippen LogP contribution in [-0.2, 0) is 11.3 Å². The molecule has 1 unspecified atom stereocenters. The summed E-state index contributed by atoms with van der Waals surface area (Å²) < 4.78 is 12.9. The van der Waals surface area contributed by atoms with Gasteiger partial charge < -0.3 is 5.32 Å². The molecule has 3 heteroatoms. The normalized spacial score (nSPS) is 18.0. The Balaban J connectivity index is 1.66. The summed E-state index contributed by atoms with van der Waals surface area (Å²) in [6.45, 7) is 0.598. The summed E-state index contributed by atoms with van der Waals surface area (Å²) in [5.74, 6) is 0.149. The highest BCUT2D eigenvalue weighted by molar-refractivity contribution is 5.91. The molecule has 112 valence electrons. The number of carbonyl (C=O) groups excluding carboxylic acids is 1. The number of benzene rings is 2. The molecule has 3 rings (SSSR count). The fourth-order valence-electron chi connectivity index (χ4n) is 2.79. The highest BCUT2D eigenvalue weighted by atomic mass is 19.1. The molecule has 0 heterocycles. The summed E-state index contributed by atoms with van der Waals surface area (Å²) in [7, 11) is 0. The van der Waals surface area contributed by atoms with Gasteiger partial charge in [-0.3, -0.25) is 4.79 Å². The van der Waals surface area contributed by atoms with E-state index in [0.29, 0.717) is 13.0 Å². The number of allylic oxidation sites excluding steroid dienone is 2. The van der Waals surface area contributed by atoms with Gasteiger partial charge >= 0.3 is 0 Å². The van der Waals surface area contributed by atoms with Crippen LogP contribution in [0.4, 0.5) is 4.39 Å². The number of halogens is 1. The van der Waals surface area contributed by atoms with Crippen LogP contribution in [0.15, 0.2) is 66.4 Å². The Morgan fingerprint density at radius 1 is 1.00 bits per heavy atom. The molecule has 0 radical (unpaired) electrons. The van der Waals surface area contributed by atoms with E-state index in [1.165, 1.54) is 17.7 Å². The van der Waals surface area contributed by atoms with Crippen LogP contribution in [0.2, 0.25) is 0 Å². The zero-order chi connectivity index (χ0) is 15.4. The van der Waals surface area contributed by atoms with Crippen LogP contribution < -0.4 is 5.32 Å². The lowest BCUT2D eigenvalue weighted by Crippen LogP contribution is -2.21. The fraction of sp³-hybridized carbons (Fsp3) is 0.211. The molecule has 2 nitrogen and oxygen atoms in total. The van der Waals surface area contributed by atoms with Crippen LogP contribution in [-0.4, -0.2) is 5.78 Å². The molecule has 0 saturated heterocycles. The van der Waals surface area contributed by atoms with Crippen molar-refractivity contribution in [2.24, 2.45) is 0 Å². The largest absolute Gasteiger partial charge is 0.384 e. The molecule has 1 aliphatic rings. The van der Waals surface area contributed by atoms with Crippen molar-refractivity contribution in [1.29, 1.82) is 0 Å². The minimum absolute atomic E-state index is 0.154. The first kappa shape index (κ1) is 14.5. The van der Waals surface area contributed by atoms with E-state index in [1.807, 2.05) is 18.2 Å². The van der Waals surface area contributed by atoms with Crippen molar-refractivity contribution in [3.05, 3.63) is 83.3 Å². The maximum absolute atomic E-state index is 12.9. The summed E-state index contributed by atoms with van der Waals surface area (Å²) in [5, 5.41) is 3.31. The van der Waals surface area contributed by atoms with Crippen molar-refractivity contribution in [3.63, 3.8) is 0 Å². The fourth-order valence-corrected chi connectivity index (χ4v) is 2.79. The second kappa shape index (κ2) is 6.56. The van der Waals surface area contributed by atoms with E-state index >= 15 is 0 Å². The summed E-state index contributed by atoms with van der Waals surface area (Å²) in [6.07, 6.45) is 3.09. The van der Waals surface area contributed by atoms with E-state index in [2.05, 4.69) is 17.4 Å². The van der Waals surface area contributed by atoms with Gasteiger partial charge in [0.2, 0.25) is 0 Å². The average Bonchev–Trinajstić information content (AvgIpc) is 2.55. The van der Waals surface area contributed by atoms with Gasteiger partial charge in [-0.05, 0) is 35.6 Å². The van der Waals surface area contributed by atoms with E-state index in [0.717, 1.165) is 17.7 Å². The van der Waals surface area contributed by atoms with Crippen LogP contribution in [0.5, 0.6) is 0 Å². The molecule has 0 saturated carbocycles. The molecule has 0 amide bonds. The molecule has 1 aliphatic carbocycles. The van der Waals surface area contributed by atoms with E-state index in [9.17, 15) is 9.18 Å². The minimum atomic E-state index is -0.236. The van der Waals surface area contributed by atoms with Crippen molar-refractivity contribution >= 4 is 5.78 Å². The zero-order valence-electron chi connectivity index (χ0n) is 12.3. The summed E-state index contributed by atoms with van der Waals surface area (Å²) in [4.78, 5) is 11.9. The van der Waals surface area contributed by atoms with Crippen LogP contribution in [0.25, 0.3) is 0 Å². The van der Waals surface area contributed by atoms with Gasteiger partial charge in [0, 0.05) is 24.7 Å². The number of ketones is 1. The van der Waals surface area contributed by atoms with Crippen molar-refractivity contribution in [2.45, 2.75) is 25.3 Å². The van der Waals surface area contributed by atoms with Crippen LogP contribution in [0.3, 0.4) is 0 Å². The molecule has 0 bridgehead atoms. The molecule has 0 spiro atoms. The molecule has 2 aromatic carbocycles. The van der Waals surface area contributed by atoms with Crippen LogP contribution >= 0.6 is 0 Å². The predicted molar refractivity (Wildman–Crippen MR) is 84.7 cm³/mol. The topological polar surface area (TPSA) is 29.1 Å². The van der Waals surface area contributed by atoms with Gasteiger partial charge in [-0.2, -0.15) is 0 Å². The SMILES string of the molecule is O=C1C=C(NCc2ccc(F)cc2)CC(c2ccccc2)C1. The second-order valence-corrected chi connectivity index (χ2v) is 5.63. The third-order valence-corrected chi connectivity index (χ3v) is 3.95. The van der Waals surface area contributed by atoms with Gasteiger partial charge in [0.05, 0.1) is 0 Å². The summed E-state index contributed by atoms with van der Waals surface area (Å²) in [6, 6.07) is 16.5. The van der Waals surface area contributed by atoms with Gasteiger partial charge in [0.1, 0.15) is 5.82 Å². The van der Waals surface area contributed by atoms with E-state index in [1.54, 1.807) is 18.2 Å². The van der Waals surface area contributed by atoms with Crippen molar-refractivity contribution in [3.8, 4) is 0 Å². The van der Waals surface area contributed by atoms with Gasteiger partial charge in [-0.15, -0.1) is 0 Å². The maximum Gasteiger partial charge on any atom is 0.158 e. The summed E-state index contributed by atoms with van der Waals surface area (Å²) >= 11 is 0. The molecule has 0 aromatic heterocycles. The lowest BCUT2D eigenvalue weighted by Gasteiger charge is -2.23. The highest BCUT2D eigenvalue weighted by Crippen LogP contribution is 2.30. The number of rotatable bonds is 4. The molecule has 1 atom stereocenters. The van der Waals surface area contributed by atoms with Crippen LogP contribution in [0, 0.1) is 5.82 Å². The molecular weight excluding hydrogens is 277 g/mol. The predicted octanol–water partition coefficient (Wildman–Crippen LogP) is 3.95. The Bertz CT molecular complexity index is 676. The van der Waals surface area contributed by atoms with Crippen LogP contribution in [0.1, 0.15) is 29.9 Å². The lowest BCUT2D eigenvalue weighted by molar-refractivity contribution is -0.115. The zero-order valence-corrected chi connectivity index (χ0v) is 12.3. The van der Waals surface area contributed by atoms with Gasteiger partial charge in [0.15, 0.2) is 5.78 Å². The van der Waals surface area contributed by atoms with Gasteiger partial charge in [0.25, 0.3) is 0 Å². The Hall–Kier alpha value is -2.42. The molecule has 0 fully saturated rings. The Morgan fingerprint density at radius 3 is 2.45 bits per heavy atom. The third kappa shape index (κ3) is 3.61. The molecular formula is C19H18FNO. The molecule has 2 aromatic rings. The van der Waals surface area contributed by atoms with Gasteiger partial charge in [-0.25, -0.2) is 4.39 Å². The highest BCUT2D eigenvalue weighted by Gasteiger charge is 2.21. The first-order valence-electron chi connectivity index (χ1n) is 7.47. The van der Waals surface area contributed by atoms with Crippen molar-refractivity contribution < 1.29 is 9.18 Å². The maximum atomic E-state index is 12.9. The lowest BCUT2D eigenvalue weighted by atomic mass is 9.85. The Kier molecular flexibility index (Phi) is 4.33. The third-order valence-electron chi connectivity index (χ3n) is 3.95. The molecule has 22 heavy (non-hydrogen) atoms. The van der Waals surface area contributed by atoms with Crippen molar-refractivity contribution in [2.75, 3.05) is 0 Å². The smallest absolute Gasteiger partial charge is 0.158 e. The first-order chi connectivity index (χ1) is 10.7. The molecule has 0 aliphatic heterocycles.